The van der Waals surface area contributed by atoms with Crippen molar-refractivity contribution in [1.29, 1.82) is 0 Å². The van der Waals surface area contributed by atoms with Crippen molar-refractivity contribution < 1.29 is 18.4 Å². The summed E-state index contributed by atoms with van der Waals surface area (Å²) in [7, 11) is 0. The summed E-state index contributed by atoms with van der Waals surface area (Å²) >= 11 is 0. The summed E-state index contributed by atoms with van der Waals surface area (Å²) in [5, 5.41) is 14.0. The summed E-state index contributed by atoms with van der Waals surface area (Å²) in [5.74, 6) is 2.03. The number of amides is 2. The van der Waals surface area contributed by atoms with E-state index in [-0.39, 0.29) is 23.0 Å². The first kappa shape index (κ1) is 42.4. The van der Waals surface area contributed by atoms with E-state index in [0.29, 0.717) is 40.7 Å². The minimum atomic E-state index is -0.554. The van der Waals surface area contributed by atoms with Gasteiger partial charge in [0.2, 0.25) is 0 Å². The lowest BCUT2D eigenvalue weighted by atomic mass is 9.93. The molecule has 0 saturated heterocycles. The predicted octanol–water partition coefficient (Wildman–Crippen LogP) is 9.89. The quantitative estimate of drug-likeness (QED) is 0.139. The van der Waals surface area contributed by atoms with Crippen LogP contribution in [0.15, 0.2) is 100 Å². The molecule has 2 unspecified atom stereocenters. The lowest BCUT2D eigenvalue weighted by molar-refractivity contribution is 0.101. The van der Waals surface area contributed by atoms with Gasteiger partial charge in [0.1, 0.15) is 40.5 Å². The molecular formula is C52H49F2N11O2. The maximum Gasteiger partial charge on any atom is 0.259 e. The Hall–Kier alpha value is -7.29. The highest BCUT2D eigenvalue weighted by Crippen LogP contribution is 2.42. The number of aryl methyl sites for hydroxylation is 4. The number of nitrogens with one attached hydrogen (secondary N) is 2. The molecule has 2 amide bonds. The molecule has 0 bridgehead atoms. The van der Waals surface area contributed by atoms with Gasteiger partial charge in [0.15, 0.2) is 11.6 Å². The number of hydrogen-bond donors (Lipinski definition) is 2. The average molecular weight is 898 g/mol. The van der Waals surface area contributed by atoms with Gasteiger partial charge in [0, 0.05) is 78.9 Å². The molecule has 15 heteroatoms. The SMILES string of the molecule is Cc1cc(F)c(C(=O)Nc2cccc(-c3ncc4n3CCCC4)n2)cc1C1C=NC(C2CC2)=C1.Cc1cc(F)c(C(=O)Nc2cccc(-c3nnc4n3CCC4)n2)cc1C1C=NC(C2CC2)=C1. The summed E-state index contributed by atoms with van der Waals surface area (Å²) < 4.78 is 33.9. The van der Waals surface area contributed by atoms with Crippen LogP contribution in [0.5, 0.6) is 0 Å². The van der Waals surface area contributed by atoms with Gasteiger partial charge in [-0.15, -0.1) is 10.2 Å². The van der Waals surface area contributed by atoms with Gasteiger partial charge >= 0.3 is 0 Å². The number of hydrogen-bond acceptors (Lipinski definition) is 9. The maximum absolute atomic E-state index is 14.8. The van der Waals surface area contributed by atoms with E-state index in [0.717, 1.165) is 84.1 Å². The van der Waals surface area contributed by atoms with Crippen LogP contribution >= 0.6 is 0 Å². The third-order valence-electron chi connectivity index (χ3n) is 13.4. The Morgan fingerprint density at radius 3 is 1.76 bits per heavy atom. The summed E-state index contributed by atoms with van der Waals surface area (Å²) in [5.41, 5.74) is 8.14. The van der Waals surface area contributed by atoms with Gasteiger partial charge in [-0.1, -0.05) is 12.1 Å². The van der Waals surface area contributed by atoms with Gasteiger partial charge in [-0.05, 0) is 148 Å². The number of nitrogens with zero attached hydrogens (tertiary/aromatic N) is 9. The summed E-state index contributed by atoms with van der Waals surface area (Å²) in [6, 6.07) is 16.9. The Morgan fingerprint density at radius 2 is 1.19 bits per heavy atom. The first-order valence-electron chi connectivity index (χ1n) is 23.3. The van der Waals surface area contributed by atoms with Crippen LogP contribution in [-0.2, 0) is 25.9 Å². The Bertz CT molecular complexity index is 3100. The Balaban J connectivity index is 0.000000148. The molecule has 12 rings (SSSR count). The van der Waals surface area contributed by atoms with E-state index in [1.54, 1.807) is 30.3 Å². The third kappa shape index (κ3) is 8.65. The highest BCUT2D eigenvalue weighted by atomic mass is 19.1. The molecule has 67 heavy (non-hydrogen) atoms. The molecule has 4 aromatic heterocycles. The van der Waals surface area contributed by atoms with Gasteiger partial charge < -0.3 is 19.8 Å². The van der Waals surface area contributed by atoms with Crippen LogP contribution in [-0.4, -0.2) is 58.5 Å². The molecule has 338 valence electrons. The fraction of sp³-hybridized carbons (Fsp3) is 0.327. The zero-order valence-electron chi connectivity index (χ0n) is 37.3. The van der Waals surface area contributed by atoms with Gasteiger partial charge in [0.05, 0.1) is 11.1 Å². The Labute approximate surface area is 386 Å². The van der Waals surface area contributed by atoms with E-state index in [4.69, 9.17) is 0 Å². The standard InChI is InChI=1S/C27H26FN5O.C25H23FN6O/c1-16-11-22(28)21(13-20(16)18-12-24(29-14-18)17-8-9-17)27(34)32-25-7-4-6-23(31-25)26-30-15-19-5-2-3-10-33(19)26;1-14-10-19(26)18(12-17(14)16-11-21(27-13-16)15-7-8-15)25(33)29-22-5-2-4-20(28-22)24-31-30-23-6-3-9-32(23)24/h4,6-7,11-15,17-18H,2-3,5,8-10H2,1H3,(H,31,32,34);2,4-5,10-13,15-16H,3,6-9H2,1H3,(H,28,29,33). The molecule has 4 aliphatic heterocycles. The fourth-order valence-corrected chi connectivity index (χ4v) is 9.50. The van der Waals surface area contributed by atoms with Crippen molar-refractivity contribution in [2.75, 3.05) is 10.6 Å². The van der Waals surface area contributed by atoms with Crippen LogP contribution in [0.1, 0.15) is 111 Å². The number of fused-ring (bicyclic) bond motifs is 2. The lowest BCUT2D eigenvalue weighted by Gasteiger charge is -2.16. The number of imidazole rings is 1. The van der Waals surface area contributed by atoms with Crippen molar-refractivity contribution in [1.82, 2.24) is 34.3 Å². The normalized spacial score (nSPS) is 19.0. The number of carbonyl (C=O) groups excluding carboxylic acids is 2. The highest BCUT2D eigenvalue weighted by Gasteiger charge is 2.31. The number of allylic oxidation sites excluding steroid dienone is 4. The number of aromatic nitrogens is 7. The smallest absolute Gasteiger partial charge is 0.259 e. The number of halogens is 2. The third-order valence-corrected chi connectivity index (χ3v) is 13.4. The minimum Gasteiger partial charge on any atom is -0.327 e. The molecule has 0 radical (unpaired) electrons. The van der Waals surface area contributed by atoms with Gasteiger partial charge in [-0.2, -0.15) is 0 Å². The summed E-state index contributed by atoms with van der Waals surface area (Å²) in [4.78, 5) is 48.9. The average Bonchev–Trinajstić information content (AvgIpc) is 3.98. The van der Waals surface area contributed by atoms with E-state index >= 15 is 0 Å². The molecule has 13 nitrogen and oxygen atoms in total. The first-order chi connectivity index (χ1) is 32.6. The molecule has 2 N–H and O–H groups in total. The molecule has 2 aliphatic carbocycles. The van der Waals surface area contributed by atoms with Crippen molar-refractivity contribution in [2.45, 2.75) is 96.6 Å². The van der Waals surface area contributed by atoms with Crippen molar-refractivity contribution >= 4 is 35.9 Å². The van der Waals surface area contributed by atoms with Crippen LogP contribution < -0.4 is 10.6 Å². The highest BCUT2D eigenvalue weighted by molar-refractivity contribution is 6.05. The zero-order valence-corrected chi connectivity index (χ0v) is 37.3. The number of aliphatic imine (C=N–C) groups is 2. The molecule has 2 aromatic carbocycles. The molecule has 2 fully saturated rings. The number of benzene rings is 2. The molecule has 2 saturated carbocycles. The molecule has 0 spiro atoms. The monoisotopic (exact) mass is 897 g/mol. The lowest BCUT2D eigenvalue weighted by Crippen LogP contribution is -2.16. The van der Waals surface area contributed by atoms with Crippen molar-refractivity contribution in [3.8, 4) is 23.0 Å². The second-order valence-electron chi connectivity index (χ2n) is 18.3. The second-order valence-corrected chi connectivity index (χ2v) is 18.3. The largest absolute Gasteiger partial charge is 0.327 e. The molecule has 6 aliphatic rings. The van der Waals surface area contributed by atoms with Crippen LogP contribution in [0.4, 0.5) is 20.4 Å². The van der Waals surface area contributed by atoms with Crippen LogP contribution in [0.25, 0.3) is 23.0 Å². The van der Waals surface area contributed by atoms with Crippen LogP contribution in [0, 0.1) is 37.3 Å². The number of pyridine rings is 2. The molecule has 2 atom stereocenters. The van der Waals surface area contributed by atoms with Crippen LogP contribution in [0.3, 0.4) is 0 Å². The van der Waals surface area contributed by atoms with Crippen molar-refractivity contribution in [3.63, 3.8) is 0 Å². The predicted molar refractivity (Wildman–Crippen MR) is 252 cm³/mol. The number of carbonyl (C=O) groups is 2. The topological polar surface area (TPSA) is 157 Å². The number of anilines is 2. The van der Waals surface area contributed by atoms with Crippen LogP contribution in [0.2, 0.25) is 0 Å². The van der Waals surface area contributed by atoms with Gasteiger partial charge in [-0.25, -0.2) is 23.7 Å². The first-order valence-corrected chi connectivity index (χ1v) is 23.3. The second kappa shape index (κ2) is 17.5. The minimum absolute atomic E-state index is 0.00663. The van der Waals surface area contributed by atoms with E-state index in [2.05, 4.69) is 62.5 Å². The Kier molecular flexibility index (Phi) is 11.1. The van der Waals surface area contributed by atoms with E-state index < -0.39 is 23.4 Å². The Morgan fingerprint density at radius 1 is 0.642 bits per heavy atom. The molecule has 8 heterocycles. The van der Waals surface area contributed by atoms with Gasteiger partial charge in [-0.3, -0.25) is 19.6 Å². The van der Waals surface area contributed by atoms with E-state index in [1.165, 1.54) is 49.9 Å². The maximum atomic E-state index is 14.8. The zero-order chi connectivity index (χ0) is 45.8. The van der Waals surface area contributed by atoms with Crippen molar-refractivity contribution in [2.24, 2.45) is 21.8 Å². The number of rotatable bonds is 10. The fourth-order valence-electron chi connectivity index (χ4n) is 9.50. The molecule has 6 aromatic rings. The summed E-state index contributed by atoms with van der Waals surface area (Å²) in [6.45, 7) is 5.50. The van der Waals surface area contributed by atoms with Gasteiger partial charge in [0.25, 0.3) is 11.8 Å². The van der Waals surface area contributed by atoms with E-state index in [9.17, 15) is 18.4 Å². The van der Waals surface area contributed by atoms with Crippen molar-refractivity contribution in [3.05, 3.63) is 147 Å². The van der Waals surface area contributed by atoms with E-state index in [1.807, 2.05) is 55.2 Å². The summed E-state index contributed by atoms with van der Waals surface area (Å²) in [6.07, 6.45) is 19.9. The molecular weight excluding hydrogens is 849 g/mol.